The van der Waals surface area contributed by atoms with E-state index in [4.69, 9.17) is 28.4 Å². The predicted molar refractivity (Wildman–Crippen MR) is 140 cm³/mol. The van der Waals surface area contributed by atoms with E-state index in [-0.39, 0.29) is 39.5 Å². The molecule has 0 aromatic carbocycles. The summed E-state index contributed by atoms with van der Waals surface area (Å²) in [4.78, 5) is 68.9. The number of nitrogens with one attached hydrogen (secondary N) is 2. The second-order valence-electron chi connectivity index (χ2n) is 7.66. The first kappa shape index (κ1) is 35.4. The van der Waals surface area contributed by atoms with Crippen LogP contribution in [-0.4, -0.2) is 87.8 Å². The van der Waals surface area contributed by atoms with Crippen molar-refractivity contribution in [2.75, 3.05) is 39.5 Å². The summed E-state index contributed by atoms with van der Waals surface area (Å²) >= 11 is 0. The topological polar surface area (TPSA) is 182 Å². The van der Waals surface area contributed by atoms with Gasteiger partial charge in [0.1, 0.15) is 26.4 Å². The van der Waals surface area contributed by atoms with E-state index < -0.39 is 48.3 Å². The van der Waals surface area contributed by atoms with Crippen molar-refractivity contribution in [1.82, 2.24) is 10.6 Å². The van der Waals surface area contributed by atoms with Crippen LogP contribution in [0.5, 0.6) is 0 Å². The molecule has 222 valence electrons. The largest absolute Gasteiger partial charge is 0.458 e. The van der Waals surface area contributed by atoms with Crippen molar-refractivity contribution in [2.45, 2.75) is 37.9 Å². The van der Waals surface area contributed by atoms with E-state index in [9.17, 15) is 28.8 Å². The number of alkyl carbamates (subject to hydrolysis) is 2. The van der Waals surface area contributed by atoms with Gasteiger partial charge < -0.3 is 39.1 Å². The number of ether oxygens (including phenoxy) is 6. The van der Waals surface area contributed by atoms with Gasteiger partial charge in [0.05, 0.1) is 0 Å². The van der Waals surface area contributed by atoms with Crippen molar-refractivity contribution >= 4 is 36.1 Å². The van der Waals surface area contributed by atoms with E-state index in [2.05, 4.69) is 36.9 Å². The number of unbranched alkanes of at least 4 members (excludes halogenated alkanes) is 3. The first-order valence-electron chi connectivity index (χ1n) is 12.2. The second kappa shape index (κ2) is 22.4. The highest BCUT2D eigenvalue weighted by Crippen LogP contribution is 2.02. The molecule has 0 spiro atoms. The average molecular weight is 569 g/mol. The predicted octanol–water partition coefficient (Wildman–Crippen LogP) is 1.65. The molecular formula is C26H36N2O12. The SMILES string of the molecule is C=CC(=O)OCC(COC(=O)C=C)OC(=O)NCCCCCCNC(=O)OC(COC(=O)C=C)COC(=O)C=C. The minimum atomic E-state index is -1.03. The molecule has 40 heavy (non-hydrogen) atoms. The van der Waals surface area contributed by atoms with Crippen LogP contribution in [0.15, 0.2) is 50.6 Å². The molecule has 0 bridgehead atoms. The highest BCUT2D eigenvalue weighted by atomic mass is 16.6. The zero-order chi connectivity index (χ0) is 30.2. The molecule has 2 N–H and O–H groups in total. The minimum absolute atomic E-state index is 0.286. The smallest absolute Gasteiger partial charge is 0.407 e. The molecule has 0 saturated heterocycles. The summed E-state index contributed by atoms with van der Waals surface area (Å²) in [5.41, 5.74) is 0. The maximum atomic E-state index is 12.0. The van der Waals surface area contributed by atoms with Gasteiger partial charge in [-0.25, -0.2) is 28.8 Å². The van der Waals surface area contributed by atoms with Gasteiger partial charge in [0, 0.05) is 37.4 Å². The van der Waals surface area contributed by atoms with E-state index in [1.807, 2.05) is 0 Å². The minimum Gasteiger partial charge on any atom is -0.458 e. The van der Waals surface area contributed by atoms with Crippen LogP contribution in [0.25, 0.3) is 0 Å². The number of amides is 2. The zero-order valence-electron chi connectivity index (χ0n) is 22.3. The Kier molecular flexibility index (Phi) is 19.8. The molecule has 0 aliphatic heterocycles. The lowest BCUT2D eigenvalue weighted by molar-refractivity contribution is -0.147. The Morgan fingerprint density at radius 1 is 0.500 bits per heavy atom. The van der Waals surface area contributed by atoms with Crippen LogP contribution in [0.3, 0.4) is 0 Å². The monoisotopic (exact) mass is 568 g/mol. The molecule has 2 amide bonds. The van der Waals surface area contributed by atoms with E-state index in [0.717, 1.165) is 24.3 Å². The molecule has 0 aliphatic rings. The Bertz CT molecular complexity index is 782. The molecular weight excluding hydrogens is 532 g/mol. The van der Waals surface area contributed by atoms with Gasteiger partial charge in [0.15, 0.2) is 12.2 Å². The van der Waals surface area contributed by atoms with Crippen molar-refractivity contribution in [2.24, 2.45) is 0 Å². The lowest BCUT2D eigenvalue weighted by Crippen LogP contribution is -2.35. The van der Waals surface area contributed by atoms with Gasteiger partial charge in [-0.15, -0.1) is 0 Å². The summed E-state index contributed by atoms with van der Waals surface area (Å²) in [7, 11) is 0. The van der Waals surface area contributed by atoms with Crippen LogP contribution in [0.2, 0.25) is 0 Å². The van der Waals surface area contributed by atoms with E-state index in [1.165, 1.54) is 0 Å². The van der Waals surface area contributed by atoms with Crippen molar-refractivity contribution in [3.8, 4) is 0 Å². The number of esters is 4. The van der Waals surface area contributed by atoms with Gasteiger partial charge in [-0.3, -0.25) is 0 Å². The lowest BCUT2D eigenvalue weighted by atomic mass is 10.2. The summed E-state index contributed by atoms with van der Waals surface area (Å²) in [6, 6.07) is 0. The van der Waals surface area contributed by atoms with Crippen LogP contribution in [0.4, 0.5) is 9.59 Å². The van der Waals surface area contributed by atoms with E-state index >= 15 is 0 Å². The van der Waals surface area contributed by atoms with Crippen LogP contribution >= 0.6 is 0 Å². The molecule has 0 atom stereocenters. The third-order valence-corrected chi connectivity index (χ3v) is 4.50. The van der Waals surface area contributed by atoms with Gasteiger partial charge in [-0.1, -0.05) is 39.2 Å². The maximum absolute atomic E-state index is 12.0. The van der Waals surface area contributed by atoms with E-state index in [0.29, 0.717) is 25.7 Å². The molecule has 0 aliphatic carbocycles. The Morgan fingerprint density at radius 2 is 0.775 bits per heavy atom. The summed E-state index contributed by atoms with van der Waals surface area (Å²) in [6.45, 7) is 12.3. The van der Waals surface area contributed by atoms with Crippen LogP contribution in [0, 0.1) is 0 Å². The number of carbonyl (C=O) groups is 6. The number of hydrogen-bond acceptors (Lipinski definition) is 12. The second-order valence-corrected chi connectivity index (χ2v) is 7.66. The molecule has 0 aromatic rings. The molecule has 0 saturated carbocycles. The summed E-state index contributed by atoms with van der Waals surface area (Å²) in [5.74, 6) is -2.91. The summed E-state index contributed by atoms with van der Waals surface area (Å²) in [5, 5.41) is 5.08. The maximum Gasteiger partial charge on any atom is 0.407 e. The number of carbonyl (C=O) groups excluding carboxylic acids is 6. The summed E-state index contributed by atoms with van der Waals surface area (Å²) < 4.78 is 29.5. The Morgan fingerprint density at radius 3 is 1.02 bits per heavy atom. The van der Waals surface area contributed by atoms with Gasteiger partial charge in [0.2, 0.25) is 0 Å². The molecule has 0 radical (unpaired) electrons. The van der Waals surface area contributed by atoms with Crippen LogP contribution in [0.1, 0.15) is 25.7 Å². The highest BCUT2D eigenvalue weighted by Gasteiger charge is 2.19. The molecule has 0 unspecified atom stereocenters. The van der Waals surface area contributed by atoms with Gasteiger partial charge in [-0.2, -0.15) is 0 Å². The third kappa shape index (κ3) is 19.5. The summed E-state index contributed by atoms with van der Waals surface area (Å²) in [6.07, 6.45) is 2.77. The van der Waals surface area contributed by atoms with Crippen LogP contribution < -0.4 is 10.6 Å². The first-order chi connectivity index (χ1) is 19.1. The Hall–Kier alpha value is -4.62. The van der Waals surface area contributed by atoms with Gasteiger partial charge in [-0.05, 0) is 12.8 Å². The fraction of sp³-hybridized carbons (Fsp3) is 0.462. The third-order valence-electron chi connectivity index (χ3n) is 4.50. The number of rotatable bonds is 21. The lowest BCUT2D eigenvalue weighted by Gasteiger charge is -2.18. The van der Waals surface area contributed by atoms with Crippen molar-refractivity contribution < 1.29 is 57.2 Å². The molecule has 0 fully saturated rings. The van der Waals surface area contributed by atoms with Crippen molar-refractivity contribution in [1.29, 1.82) is 0 Å². The quantitative estimate of drug-likeness (QED) is 0.0885. The van der Waals surface area contributed by atoms with Gasteiger partial charge >= 0.3 is 36.1 Å². The standard InChI is InChI=1S/C26H36N2O12/c1-5-21(29)35-15-19(16-36-22(30)6-2)39-25(33)27-13-11-9-10-12-14-28-26(34)40-20(17-37-23(31)7-3)18-38-24(32)8-4/h5-8,19-20H,1-4,9-18H2,(H,27,33)(H,28,34). The highest BCUT2D eigenvalue weighted by molar-refractivity contribution is 5.82. The zero-order valence-corrected chi connectivity index (χ0v) is 22.3. The molecule has 0 aromatic heterocycles. The molecule has 0 rings (SSSR count). The van der Waals surface area contributed by atoms with Crippen molar-refractivity contribution in [3.63, 3.8) is 0 Å². The molecule has 0 heterocycles. The molecule has 14 nitrogen and oxygen atoms in total. The Balaban J connectivity index is 4.23. The van der Waals surface area contributed by atoms with Crippen LogP contribution in [-0.2, 0) is 47.6 Å². The van der Waals surface area contributed by atoms with E-state index in [1.54, 1.807) is 0 Å². The molecule has 14 heteroatoms. The fourth-order valence-corrected chi connectivity index (χ4v) is 2.54. The normalized spacial score (nSPS) is 9.95. The first-order valence-corrected chi connectivity index (χ1v) is 12.2. The fourth-order valence-electron chi connectivity index (χ4n) is 2.54. The average Bonchev–Trinajstić information content (AvgIpc) is 2.95. The van der Waals surface area contributed by atoms with Gasteiger partial charge in [0.25, 0.3) is 0 Å². The number of hydrogen-bond donors (Lipinski definition) is 2. The van der Waals surface area contributed by atoms with Crippen molar-refractivity contribution in [3.05, 3.63) is 50.6 Å². The Labute approximate surface area is 232 Å².